The zero-order chi connectivity index (χ0) is 16.3. The standard InChI is InChI=1S/C16H19FN2O3/c1-10(2)6-8-18-13(20)7-9-19-15(21)11-4-3-5-12(17)14(11)16(19)22/h3-5,10H,6-9H2,1-2H3,(H,18,20). The summed E-state index contributed by atoms with van der Waals surface area (Å²) in [5, 5.41) is 2.74. The molecule has 22 heavy (non-hydrogen) atoms. The van der Waals surface area contributed by atoms with Crippen molar-refractivity contribution in [2.75, 3.05) is 13.1 Å². The molecule has 6 heteroatoms. The first-order valence-electron chi connectivity index (χ1n) is 7.33. The summed E-state index contributed by atoms with van der Waals surface area (Å²) in [6.07, 6.45) is 0.884. The van der Waals surface area contributed by atoms with Gasteiger partial charge < -0.3 is 5.32 Å². The smallest absolute Gasteiger partial charge is 0.264 e. The lowest BCUT2D eigenvalue weighted by Gasteiger charge is -2.13. The van der Waals surface area contributed by atoms with E-state index in [4.69, 9.17) is 0 Å². The van der Waals surface area contributed by atoms with Crippen molar-refractivity contribution >= 4 is 17.7 Å². The summed E-state index contributed by atoms with van der Waals surface area (Å²) in [4.78, 5) is 36.8. The van der Waals surface area contributed by atoms with E-state index in [2.05, 4.69) is 19.2 Å². The zero-order valence-corrected chi connectivity index (χ0v) is 12.7. The van der Waals surface area contributed by atoms with Gasteiger partial charge in [0.15, 0.2) is 0 Å². The summed E-state index contributed by atoms with van der Waals surface area (Å²) in [5.41, 5.74) is -0.141. The van der Waals surface area contributed by atoms with Crippen LogP contribution in [-0.2, 0) is 4.79 Å². The highest BCUT2D eigenvalue weighted by Gasteiger charge is 2.37. The van der Waals surface area contributed by atoms with Crippen molar-refractivity contribution in [3.05, 3.63) is 35.1 Å². The first-order chi connectivity index (χ1) is 10.4. The van der Waals surface area contributed by atoms with E-state index in [1.807, 2.05) is 0 Å². The van der Waals surface area contributed by atoms with Crippen LogP contribution in [0.2, 0.25) is 0 Å². The number of nitrogens with zero attached hydrogens (tertiary/aromatic N) is 1. The molecule has 1 N–H and O–H groups in total. The molecule has 0 bridgehead atoms. The van der Waals surface area contributed by atoms with Crippen LogP contribution in [0.25, 0.3) is 0 Å². The van der Waals surface area contributed by atoms with E-state index in [1.165, 1.54) is 12.1 Å². The molecule has 0 atom stereocenters. The number of hydrogen-bond acceptors (Lipinski definition) is 3. The third-order valence-corrected chi connectivity index (χ3v) is 3.55. The van der Waals surface area contributed by atoms with E-state index in [1.54, 1.807) is 0 Å². The number of rotatable bonds is 6. The molecule has 0 fully saturated rings. The molecular weight excluding hydrogens is 287 g/mol. The minimum Gasteiger partial charge on any atom is -0.356 e. The minimum atomic E-state index is -0.709. The summed E-state index contributed by atoms with van der Waals surface area (Å²) in [5.74, 6) is -1.67. The monoisotopic (exact) mass is 306 g/mol. The number of benzene rings is 1. The van der Waals surface area contributed by atoms with Crippen molar-refractivity contribution in [1.29, 1.82) is 0 Å². The molecule has 118 valence electrons. The van der Waals surface area contributed by atoms with Gasteiger partial charge in [0.25, 0.3) is 11.8 Å². The van der Waals surface area contributed by atoms with Crippen LogP contribution in [0.3, 0.4) is 0 Å². The Morgan fingerprint density at radius 2 is 2.00 bits per heavy atom. The van der Waals surface area contributed by atoms with Crippen molar-refractivity contribution in [1.82, 2.24) is 10.2 Å². The maximum atomic E-state index is 13.6. The van der Waals surface area contributed by atoms with Gasteiger partial charge in [-0.1, -0.05) is 19.9 Å². The van der Waals surface area contributed by atoms with Crippen molar-refractivity contribution in [2.24, 2.45) is 5.92 Å². The quantitative estimate of drug-likeness (QED) is 0.817. The molecule has 1 aromatic rings. The van der Waals surface area contributed by atoms with Gasteiger partial charge in [0.2, 0.25) is 5.91 Å². The average molecular weight is 306 g/mol. The van der Waals surface area contributed by atoms with Crippen LogP contribution in [-0.4, -0.2) is 35.7 Å². The third kappa shape index (κ3) is 3.32. The van der Waals surface area contributed by atoms with Crippen LogP contribution in [0.4, 0.5) is 4.39 Å². The first-order valence-corrected chi connectivity index (χ1v) is 7.33. The molecule has 0 radical (unpaired) electrons. The topological polar surface area (TPSA) is 66.5 Å². The lowest BCUT2D eigenvalue weighted by Crippen LogP contribution is -2.35. The zero-order valence-electron chi connectivity index (χ0n) is 12.7. The van der Waals surface area contributed by atoms with Crippen molar-refractivity contribution < 1.29 is 18.8 Å². The van der Waals surface area contributed by atoms with Crippen LogP contribution in [0.5, 0.6) is 0 Å². The number of imide groups is 1. The number of carbonyl (C=O) groups is 3. The maximum absolute atomic E-state index is 13.6. The fourth-order valence-corrected chi connectivity index (χ4v) is 2.30. The van der Waals surface area contributed by atoms with Crippen LogP contribution in [0.15, 0.2) is 18.2 Å². The number of hydrogen-bond donors (Lipinski definition) is 1. The molecule has 0 saturated carbocycles. The highest BCUT2D eigenvalue weighted by atomic mass is 19.1. The molecular formula is C16H19FN2O3. The van der Waals surface area contributed by atoms with E-state index in [-0.39, 0.29) is 30.0 Å². The number of halogens is 1. The van der Waals surface area contributed by atoms with Gasteiger partial charge in [0.05, 0.1) is 11.1 Å². The van der Waals surface area contributed by atoms with Gasteiger partial charge in [-0.15, -0.1) is 0 Å². The van der Waals surface area contributed by atoms with E-state index >= 15 is 0 Å². The van der Waals surface area contributed by atoms with Gasteiger partial charge in [-0.3, -0.25) is 19.3 Å². The van der Waals surface area contributed by atoms with E-state index in [9.17, 15) is 18.8 Å². The second-order valence-electron chi connectivity index (χ2n) is 5.71. The number of amides is 3. The maximum Gasteiger partial charge on any atom is 0.264 e. The van der Waals surface area contributed by atoms with Gasteiger partial charge >= 0.3 is 0 Å². The predicted molar refractivity (Wildman–Crippen MR) is 78.8 cm³/mol. The third-order valence-electron chi connectivity index (χ3n) is 3.55. The molecule has 2 rings (SSSR count). The Balaban J connectivity index is 1.93. The molecule has 1 aliphatic heterocycles. The van der Waals surface area contributed by atoms with Crippen LogP contribution in [0, 0.1) is 11.7 Å². The van der Waals surface area contributed by atoms with Crippen LogP contribution in [0.1, 0.15) is 47.4 Å². The van der Waals surface area contributed by atoms with Gasteiger partial charge in [-0.25, -0.2) is 4.39 Å². The largest absolute Gasteiger partial charge is 0.356 e. The van der Waals surface area contributed by atoms with Crippen LogP contribution < -0.4 is 5.32 Å². The van der Waals surface area contributed by atoms with Crippen molar-refractivity contribution in [2.45, 2.75) is 26.7 Å². The fourth-order valence-electron chi connectivity index (χ4n) is 2.30. The number of fused-ring (bicyclic) bond motifs is 1. The van der Waals surface area contributed by atoms with Crippen LogP contribution >= 0.6 is 0 Å². The highest BCUT2D eigenvalue weighted by molar-refractivity contribution is 6.21. The highest BCUT2D eigenvalue weighted by Crippen LogP contribution is 2.25. The summed E-state index contributed by atoms with van der Waals surface area (Å²) in [7, 11) is 0. The Hall–Kier alpha value is -2.24. The number of carbonyl (C=O) groups excluding carboxylic acids is 3. The second kappa shape index (κ2) is 6.68. The summed E-state index contributed by atoms with van der Waals surface area (Å²) in [6.45, 7) is 4.63. The molecule has 0 spiro atoms. The molecule has 1 heterocycles. The average Bonchev–Trinajstić information content (AvgIpc) is 2.69. The van der Waals surface area contributed by atoms with Gasteiger partial charge in [-0.05, 0) is 24.5 Å². The second-order valence-corrected chi connectivity index (χ2v) is 5.71. The Bertz CT molecular complexity index is 613. The Morgan fingerprint density at radius 1 is 1.27 bits per heavy atom. The predicted octanol–water partition coefficient (Wildman–Crippen LogP) is 1.97. The molecule has 1 aliphatic rings. The lowest BCUT2D eigenvalue weighted by atomic mass is 10.1. The van der Waals surface area contributed by atoms with Gasteiger partial charge in [0, 0.05) is 19.5 Å². The summed E-state index contributed by atoms with van der Waals surface area (Å²) in [6, 6.07) is 3.95. The first kappa shape index (κ1) is 16.1. The van der Waals surface area contributed by atoms with E-state index < -0.39 is 17.6 Å². The molecule has 0 aliphatic carbocycles. The molecule has 0 saturated heterocycles. The lowest BCUT2D eigenvalue weighted by molar-refractivity contribution is -0.121. The van der Waals surface area contributed by atoms with Gasteiger partial charge in [-0.2, -0.15) is 0 Å². The molecule has 0 aromatic heterocycles. The SMILES string of the molecule is CC(C)CCNC(=O)CCN1C(=O)c2cccc(F)c2C1=O. The fraction of sp³-hybridized carbons (Fsp3) is 0.438. The normalized spacial score (nSPS) is 13.7. The minimum absolute atomic E-state index is 0.0190. The van der Waals surface area contributed by atoms with Crippen molar-refractivity contribution in [3.8, 4) is 0 Å². The van der Waals surface area contributed by atoms with Crippen molar-refractivity contribution in [3.63, 3.8) is 0 Å². The Morgan fingerprint density at radius 3 is 2.64 bits per heavy atom. The molecule has 3 amide bonds. The number of nitrogens with one attached hydrogen (secondary N) is 1. The van der Waals surface area contributed by atoms with E-state index in [0.29, 0.717) is 12.5 Å². The molecule has 0 unspecified atom stereocenters. The van der Waals surface area contributed by atoms with Gasteiger partial charge in [0.1, 0.15) is 5.82 Å². The summed E-state index contributed by atoms with van der Waals surface area (Å²) >= 11 is 0. The summed E-state index contributed by atoms with van der Waals surface area (Å²) < 4.78 is 13.6. The Kier molecular flexibility index (Phi) is 4.90. The molecule has 1 aromatic carbocycles. The molecule has 5 nitrogen and oxygen atoms in total. The van der Waals surface area contributed by atoms with E-state index in [0.717, 1.165) is 17.4 Å². The Labute approximate surface area is 128 Å².